The minimum atomic E-state index is -3.80. The van der Waals surface area contributed by atoms with Crippen molar-refractivity contribution in [2.45, 2.75) is 18.7 Å². The quantitative estimate of drug-likeness (QED) is 0.634. The van der Waals surface area contributed by atoms with E-state index in [0.29, 0.717) is 30.4 Å². The summed E-state index contributed by atoms with van der Waals surface area (Å²) in [7, 11) is -2.34. The summed E-state index contributed by atoms with van der Waals surface area (Å²) >= 11 is 0. The number of likely N-dealkylation sites (N-methyl/N-ethyl adjacent to an activating group) is 1. The van der Waals surface area contributed by atoms with Gasteiger partial charge in [0.05, 0.1) is 11.8 Å². The van der Waals surface area contributed by atoms with Gasteiger partial charge < -0.3 is 4.90 Å². The Labute approximate surface area is 160 Å². The van der Waals surface area contributed by atoms with E-state index in [2.05, 4.69) is 15.3 Å². The summed E-state index contributed by atoms with van der Waals surface area (Å²) in [6.07, 6.45) is 0. The van der Waals surface area contributed by atoms with Crippen LogP contribution in [0.3, 0.4) is 0 Å². The predicted octanol–water partition coefficient (Wildman–Crippen LogP) is 1.36. The van der Waals surface area contributed by atoms with Gasteiger partial charge >= 0.3 is 0 Å². The van der Waals surface area contributed by atoms with E-state index in [4.69, 9.17) is 0 Å². The second-order valence-corrected chi connectivity index (χ2v) is 8.80. The van der Waals surface area contributed by atoms with E-state index in [0.717, 1.165) is 18.2 Å². The minimum absolute atomic E-state index is 0.182. The van der Waals surface area contributed by atoms with Crippen LogP contribution in [0.5, 0.6) is 0 Å². The number of sulfonamides is 1. The monoisotopic (exact) mass is 408 g/mol. The number of anilines is 1. The molecule has 0 saturated carbocycles. The third-order valence-electron chi connectivity index (χ3n) is 4.89. The maximum Gasteiger partial charge on any atom is 0.218 e. The molecule has 11 heteroatoms. The van der Waals surface area contributed by atoms with Crippen LogP contribution in [0.1, 0.15) is 11.4 Å². The van der Waals surface area contributed by atoms with Crippen molar-refractivity contribution < 1.29 is 17.2 Å². The molecule has 0 atom stereocenters. The highest BCUT2D eigenvalue weighted by molar-refractivity contribution is 7.88. The Morgan fingerprint density at radius 1 is 1.18 bits per heavy atom. The van der Waals surface area contributed by atoms with Crippen LogP contribution in [0, 0.1) is 18.6 Å². The molecule has 2 aromatic heterocycles. The molecular formula is C17H18F2N6O2S. The Morgan fingerprint density at radius 2 is 1.93 bits per heavy atom. The fraction of sp³-hybridized carbons (Fsp3) is 0.353. The van der Waals surface area contributed by atoms with Crippen LogP contribution in [0.2, 0.25) is 0 Å². The SMILES string of the molecule is Cc1nnc2ccc(N3CC(N(C)S(=O)(=O)Cc4cc(F)ccc4F)C3)nn12. The summed E-state index contributed by atoms with van der Waals surface area (Å²) in [4.78, 5) is 1.93. The molecule has 1 aromatic carbocycles. The van der Waals surface area contributed by atoms with Crippen LogP contribution in [0.25, 0.3) is 5.65 Å². The number of halogens is 2. The van der Waals surface area contributed by atoms with Gasteiger partial charge in [-0.05, 0) is 37.3 Å². The highest BCUT2D eigenvalue weighted by Gasteiger charge is 2.37. The van der Waals surface area contributed by atoms with Gasteiger partial charge in [0, 0.05) is 25.7 Å². The molecule has 3 aromatic rings. The van der Waals surface area contributed by atoms with Gasteiger partial charge in [-0.3, -0.25) is 0 Å². The first-order valence-corrected chi connectivity index (χ1v) is 10.2. The van der Waals surface area contributed by atoms with Crippen LogP contribution in [-0.4, -0.2) is 58.7 Å². The van der Waals surface area contributed by atoms with Gasteiger partial charge in [0.2, 0.25) is 10.0 Å². The molecular weight excluding hydrogens is 390 g/mol. The number of hydrogen-bond acceptors (Lipinski definition) is 6. The predicted molar refractivity (Wildman–Crippen MR) is 98.3 cm³/mol. The van der Waals surface area contributed by atoms with Crippen molar-refractivity contribution in [3.8, 4) is 0 Å². The van der Waals surface area contributed by atoms with Gasteiger partial charge in [-0.2, -0.15) is 8.82 Å². The number of fused-ring (bicyclic) bond motifs is 1. The molecule has 1 saturated heterocycles. The van der Waals surface area contributed by atoms with Gasteiger partial charge in [-0.1, -0.05) is 0 Å². The van der Waals surface area contributed by atoms with Gasteiger partial charge in [0.1, 0.15) is 17.5 Å². The molecule has 1 aliphatic rings. The molecule has 0 unspecified atom stereocenters. The molecule has 0 bridgehead atoms. The molecule has 4 rings (SSSR count). The summed E-state index contributed by atoms with van der Waals surface area (Å²) in [6, 6.07) is 6.12. The highest BCUT2D eigenvalue weighted by Crippen LogP contribution is 2.25. The lowest BCUT2D eigenvalue weighted by atomic mass is 10.1. The molecule has 1 fully saturated rings. The first kappa shape index (κ1) is 18.7. The zero-order chi connectivity index (χ0) is 20.1. The number of aryl methyl sites for hydroxylation is 1. The molecule has 0 amide bonds. The summed E-state index contributed by atoms with van der Waals surface area (Å²) in [5, 5.41) is 12.4. The van der Waals surface area contributed by atoms with Crippen molar-refractivity contribution in [2.75, 3.05) is 25.0 Å². The lowest BCUT2D eigenvalue weighted by molar-refractivity contribution is 0.308. The molecule has 0 N–H and O–H groups in total. The van der Waals surface area contributed by atoms with Crippen molar-refractivity contribution >= 4 is 21.5 Å². The van der Waals surface area contributed by atoms with E-state index in [1.165, 1.54) is 11.4 Å². The van der Waals surface area contributed by atoms with Crippen LogP contribution in [0.15, 0.2) is 30.3 Å². The van der Waals surface area contributed by atoms with Crippen LogP contribution in [0.4, 0.5) is 14.6 Å². The van der Waals surface area contributed by atoms with Gasteiger partial charge in [-0.15, -0.1) is 15.3 Å². The Balaban J connectivity index is 1.45. The van der Waals surface area contributed by atoms with E-state index in [9.17, 15) is 17.2 Å². The van der Waals surface area contributed by atoms with E-state index in [1.54, 1.807) is 23.6 Å². The molecule has 0 spiro atoms. The molecule has 0 radical (unpaired) electrons. The second-order valence-electron chi connectivity index (χ2n) is 6.78. The largest absolute Gasteiger partial charge is 0.352 e. The zero-order valence-corrected chi connectivity index (χ0v) is 16.1. The van der Waals surface area contributed by atoms with E-state index < -0.39 is 27.4 Å². The second kappa shape index (κ2) is 6.74. The summed E-state index contributed by atoms with van der Waals surface area (Å²) in [5.41, 5.74) is 0.452. The van der Waals surface area contributed by atoms with Gasteiger partial charge in [0.15, 0.2) is 11.5 Å². The summed E-state index contributed by atoms with van der Waals surface area (Å²) < 4.78 is 55.2. The number of nitrogens with zero attached hydrogens (tertiary/aromatic N) is 6. The van der Waals surface area contributed by atoms with Gasteiger partial charge in [-0.25, -0.2) is 17.2 Å². The lowest BCUT2D eigenvalue weighted by Gasteiger charge is -2.43. The van der Waals surface area contributed by atoms with Crippen molar-refractivity contribution in [2.24, 2.45) is 0 Å². The Bertz CT molecular complexity index is 1140. The first-order chi connectivity index (χ1) is 13.2. The Morgan fingerprint density at radius 3 is 2.68 bits per heavy atom. The molecule has 148 valence electrons. The summed E-state index contributed by atoms with van der Waals surface area (Å²) in [6.45, 7) is 2.68. The maximum absolute atomic E-state index is 13.8. The van der Waals surface area contributed by atoms with Crippen molar-refractivity contribution in [1.82, 2.24) is 24.1 Å². The number of hydrogen-bond donors (Lipinski definition) is 0. The Hall–Kier alpha value is -2.66. The number of aromatic nitrogens is 4. The van der Waals surface area contributed by atoms with Crippen LogP contribution in [-0.2, 0) is 15.8 Å². The average molecular weight is 408 g/mol. The topological polar surface area (TPSA) is 83.7 Å². The molecule has 0 aliphatic carbocycles. The fourth-order valence-electron chi connectivity index (χ4n) is 3.11. The normalized spacial score (nSPS) is 15.4. The Kier molecular flexibility index (Phi) is 4.50. The maximum atomic E-state index is 13.8. The highest BCUT2D eigenvalue weighted by atomic mass is 32.2. The van der Waals surface area contributed by atoms with Crippen molar-refractivity contribution in [3.05, 3.63) is 53.4 Å². The molecule has 3 heterocycles. The first-order valence-electron chi connectivity index (χ1n) is 8.58. The smallest absolute Gasteiger partial charge is 0.218 e. The third-order valence-corrected chi connectivity index (χ3v) is 6.74. The zero-order valence-electron chi connectivity index (χ0n) is 15.2. The van der Waals surface area contributed by atoms with Gasteiger partial charge in [0.25, 0.3) is 0 Å². The number of benzene rings is 1. The minimum Gasteiger partial charge on any atom is -0.352 e. The third kappa shape index (κ3) is 3.31. The van der Waals surface area contributed by atoms with Crippen LogP contribution < -0.4 is 4.90 Å². The van der Waals surface area contributed by atoms with Crippen LogP contribution >= 0.6 is 0 Å². The number of rotatable bonds is 5. The standard InChI is InChI=1S/C17H18F2N6O2S/c1-11-20-21-16-5-6-17(22-25(11)16)24-8-14(9-24)23(2)28(26,27)10-12-7-13(18)3-4-15(12)19/h3-7,14H,8-10H2,1-2H3. The molecule has 1 aliphatic heterocycles. The molecule has 28 heavy (non-hydrogen) atoms. The average Bonchev–Trinajstić information content (AvgIpc) is 2.97. The van der Waals surface area contributed by atoms with Crippen molar-refractivity contribution in [3.63, 3.8) is 0 Å². The molecule has 8 nitrogen and oxygen atoms in total. The summed E-state index contributed by atoms with van der Waals surface area (Å²) in [5.74, 6) is -0.655. The van der Waals surface area contributed by atoms with E-state index in [-0.39, 0.29) is 11.6 Å². The fourth-order valence-corrected chi connectivity index (χ4v) is 4.51. The van der Waals surface area contributed by atoms with E-state index >= 15 is 0 Å². The lowest BCUT2D eigenvalue weighted by Crippen LogP contribution is -2.60. The van der Waals surface area contributed by atoms with Crippen molar-refractivity contribution in [1.29, 1.82) is 0 Å². The van der Waals surface area contributed by atoms with E-state index in [1.807, 2.05) is 4.90 Å².